The van der Waals surface area contributed by atoms with Crippen LogP contribution in [0.1, 0.15) is 24.9 Å². The van der Waals surface area contributed by atoms with E-state index in [1.807, 2.05) is 18.7 Å². The van der Waals surface area contributed by atoms with Gasteiger partial charge in [0.05, 0.1) is 6.33 Å². The van der Waals surface area contributed by atoms with Crippen LogP contribution >= 0.6 is 11.3 Å². The highest BCUT2D eigenvalue weighted by Crippen LogP contribution is 2.23. The maximum Gasteiger partial charge on any atom is 0.0945 e. The van der Waals surface area contributed by atoms with Crippen LogP contribution in [0.2, 0.25) is 0 Å². The van der Waals surface area contributed by atoms with Gasteiger partial charge in [0.1, 0.15) is 0 Å². The van der Waals surface area contributed by atoms with Gasteiger partial charge in [0, 0.05) is 51.2 Å². The third-order valence-corrected chi connectivity index (χ3v) is 5.13. The SMILES string of the molecule is CC(c1ccsc1)N1CCN(CCCn2ccnc2)CC1. The van der Waals surface area contributed by atoms with E-state index in [4.69, 9.17) is 0 Å². The Hall–Kier alpha value is -1.17. The summed E-state index contributed by atoms with van der Waals surface area (Å²) in [6.45, 7) is 9.35. The lowest BCUT2D eigenvalue weighted by molar-refractivity contribution is 0.101. The molecule has 1 saturated heterocycles. The average molecular weight is 304 g/mol. The van der Waals surface area contributed by atoms with Crippen LogP contribution in [-0.2, 0) is 6.54 Å². The predicted molar refractivity (Wildman–Crippen MR) is 87.6 cm³/mol. The minimum atomic E-state index is 0.560. The molecule has 2 aromatic rings. The molecule has 1 fully saturated rings. The van der Waals surface area contributed by atoms with Crippen LogP contribution in [0.3, 0.4) is 0 Å². The Morgan fingerprint density at radius 1 is 1.24 bits per heavy atom. The number of aryl methyl sites for hydroxylation is 1. The van der Waals surface area contributed by atoms with Gasteiger partial charge >= 0.3 is 0 Å². The number of hydrogen-bond donors (Lipinski definition) is 0. The minimum absolute atomic E-state index is 0.560. The van der Waals surface area contributed by atoms with Crippen LogP contribution in [0, 0.1) is 0 Å². The molecular formula is C16H24N4S. The van der Waals surface area contributed by atoms with Crippen molar-refractivity contribution < 1.29 is 0 Å². The van der Waals surface area contributed by atoms with E-state index < -0.39 is 0 Å². The molecule has 1 unspecified atom stereocenters. The van der Waals surface area contributed by atoms with Crippen molar-refractivity contribution in [1.82, 2.24) is 19.4 Å². The number of piperazine rings is 1. The van der Waals surface area contributed by atoms with Gasteiger partial charge in [-0.2, -0.15) is 11.3 Å². The molecule has 1 aliphatic heterocycles. The molecule has 0 radical (unpaired) electrons. The van der Waals surface area contributed by atoms with Gasteiger partial charge in [-0.05, 0) is 42.3 Å². The highest BCUT2D eigenvalue weighted by atomic mass is 32.1. The molecular weight excluding hydrogens is 280 g/mol. The molecule has 0 N–H and O–H groups in total. The fourth-order valence-corrected chi connectivity index (χ4v) is 3.74. The van der Waals surface area contributed by atoms with Crippen molar-refractivity contribution in [3.63, 3.8) is 0 Å². The highest BCUT2D eigenvalue weighted by molar-refractivity contribution is 7.07. The van der Waals surface area contributed by atoms with Gasteiger partial charge in [0.15, 0.2) is 0 Å². The average Bonchev–Trinajstić information content (AvgIpc) is 3.21. The fraction of sp³-hybridized carbons (Fsp3) is 0.562. The maximum absolute atomic E-state index is 4.08. The van der Waals surface area contributed by atoms with Crippen LogP contribution in [0.4, 0.5) is 0 Å². The van der Waals surface area contributed by atoms with Crippen molar-refractivity contribution in [2.45, 2.75) is 25.9 Å². The lowest BCUT2D eigenvalue weighted by Crippen LogP contribution is -2.47. The van der Waals surface area contributed by atoms with Crippen LogP contribution < -0.4 is 0 Å². The third kappa shape index (κ3) is 3.93. The molecule has 21 heavy (non-hydrogen) atoms. The summed E-state index contributed by atoms with van der Waals surface area (Å²) >= 11 is 1.80. The number of hydrogen-bond acceptors (Lipinski definition) is 4. The fourth-order valence-electron chi connectivity index (χ4n) is 2.99. The lowest BCUT2D eigenvalue weighted by Gasteiger charge is -2.38. The molecule has 0 bridgehead atoms. The Morgan fingerprint density at radius 2 is 2.10 bits per heavy atom. The summed E-state index contributed by atoms with van der Waals surface area (Å²) in [5.41, 5.74) is 1.47. The zero-order valence-electron chi connectivity index (χ0n) is 12.7. The van der Waals surface area contributed by atoms with E-state index >= 15 is 0 Å². The summed E-state index contributed by atoms with van der Waals surface area (Å²) in [5, 5.41) is 4.46. The maximum atomic E-state index is 4.08. The van der Waals surface area contributed by atoms with E-state index in [9.17, 15) is 0 Å². The molecule has 5 heteroatoms. The van der Waals surface area contributed by atoms with E-state index in [1.165, 1.54) is 44.7 Å². The van der Waals surface area contributed by atoms with Crippen LogP contribution in [0.5, 0.6) is 0 Å². The van der Waals surface area contributed by atoms with E-state index in [2.05, 4.69) is 43.1 Å². The van der Waals surface area contributed by atoms with Crippen molar-refractivity contribution in [2.24, 2.45) is 0 Å². The quantitative estimate of drug-likeness (QED) is 0.820. The lowest BCUT2D eigenvalue weighted by atomic mass is 10.1. The van der Waals surface area contributed by atoms with Gasteiger partial charge < -0.3 is 9.47 Å². The van der Waals surface area contributed by atoms with E-state index in [-0.39, 0.29) is 0 Å². The molecule has 0 amide bonds. The second kappa shape index (κ2) is 7.20. The Bertz CT molecular complexity index is 500. The minimum Gasteiger partial charge on any atom is -0.337 e. The van der Waals surface area contributed by atoms with Crippen molar-refractivity contribution in [2.75, 3.05) is 32.7 Å². The zero-order valence-corrected chi connectivity index (χ0v) is 13.5. The van der Waals surface area contributed by atoms with Gasteiger partial charge in [0.25, 0.3) is 0 Å². The number of aromatic nitrogens is 2. The van der Waals surface area contributed by atoms with Gasteiger partial charge in [-0.1, -0.05) is 0 Å². The number of thiophene rings is 1. The molecule has 1 atom stereocenters. The van der Waals surface area contributed by atoms with E-state index in [1.54, 1.807) is 11.3 Å². The molecule has 114 valence electrons. The van der Waals surface area contributed by atoms with E-state index in [0.29, 0.717) is 6.04 Å². The summed E-state index contributed by atoms with van der Waals surface area (Å²) in [6.07, 6.45) is 7.00. The van der Waals surface area contributed by atoms with Gasteiger partial charge in [-0.25, -0.2) is 4.98 Å². The molecule has 0 spiro atoms. The zero-order chi connectivity index (χ0) is 14.5. The van der Waals surface area contributed by atoms with Gasteiger partial charge in [0.2, 0.25) is 0 Å². The van der Waals surface area contributed by atoms with Crippen molar-refractivity contribution in [1.29, 1.82) is 0 Å². The number of nitrogens with zero attached hydrogens (tertiary/aromatic N) is 4. The Balaban J connectivity index is 1.38. The first-order chi connectivity index (χ1) is 10.3. The topological polar surface area (TPSA) is 24.3 Å². The third-order valence-electron chi connectivity index (χ3n) is 4.43. The first kappa shape index (κ1) is 14.8. The second-order valence-corrected chi connectivity index (χ2v) is 6.54. The molecule has 1 aliphatic rings. The molecule has 3 heterocycles. The highest BCUT2D eigenvalue weighted by Gasteiger charge is 2.21. The standard InChI is InChI=1S/C16H24N4S/c1-15(16-3-12-21-13-16)20-10-8-18(9-11-20)5-2-6-19-7-4-17-14-19/h3-4,7,12-15H,2,5-6,8-11H2,1H3. The summed E-state index contributed by atoms with van der Waals surface area (Å²) in [6, 6.07) is 2.82. The molecule has 4 nitrogen and oxygen atoms in total. The van der Waals surface area contributed by atoms with Crippen molar-refractivity contribution in [3.05, 3.63) is 41.1 Å². The van der Waals surface area contributed by atoms with E-state index in [0.717, 1.165) is 6.54 Å². The molecule has 2 aromatic heterocycles. The van der Waals surface area contributed by atoms with Crippen molar-refractivity contribution in [3.8, 4) is 0 Å². The Kier molecular flexibility index (Phi) is 5.06. The van der Waals surface area contributed by atoms with Gasteiger partial charge in [-0.15, -0.1) is 0 Å². The largest absolute Gasteiger partial charge is 0.337 e. The van der Waals surface area contributed by atoms with Crippen LogP contribution in [0.25, 0.3) is 0 Å². The molecule has 0 saturated carbocycles. The smallest absolute Gasteiger partial charge is 0.0945 e. The Labute approximate surface area is 131 Å². The second-order valence-electron chi connectivity index (χ2n) is 5.76. The summed E-state index contributed by atoms with van der Waals surface area (Å²) in [7, 11) is 0. The molecule has 0 aromatic carbocycles. The first-order valence-electron chi connectivity index (χ1n) is 7.77. The van der Waals surface area contributed by atoms with Crippen molar-refractivity contribution >= 4 is 11.3 Å². The van der Waals surface area contributed by atoms with Crippen LogP contribution in [-0.4, -0.2) is 52.1 Å². The summed E-state index contributed by atoms with van der Waals surface area (Å²) < 4.78 is 2.16. The van der Waals surface area contributed by atoms with Crippen LogP contribution in [0.15, 0.2) is 35.5 Å². The molecule has 3 rings (SSSR count). The van der Waals surface area contributed by atoms with Gasteiger partial charge in [-0.3, -0.25) is 4.90 Å². The number of imidazole rings is 1. The predicted octanol–water partition coefficient (Wildman–Crippen LogP) is 2.71. The Morgan fingerprint density at radius 3 is 2.76 bits per heavy atom. The monoisotopic (exact) mass is 304 g/mol. The summed E-state index contributed by atoms with van der Waals surface area (Å²) in [5.74, 6) is 0. The first-order valence-corrected chi connectivity index (χ1v) is 8.71. The number of rotatable bonds is 6. The normalized spacial score (nSPS) is 18.9. The molecule has 0 aliphatic carbocycles. The summed E-state index contributed by atoms with van der Waals surface area (Å²) in [4.78, 5) is 9.28.